The van der Waals surface area contributed by atoms with Crippen LogP contribution in [0.1, 0.15) is 25.3 Å². The zero-order valence-corrected chi connectivity index (χ0v) is 22.8. The van der Waals surface area contributed by atoms with Gasteiger partial charge in [-0.05, 0) is 0 Å². The molecule has 4 aromatic heterocycles. The van der Waals surface area contributed by atoms with Crippen LogP contribution in [-0.4, -0.2) is 107 Å². The predicted octanol–water partition coefficient (Wildman–Crippen LogP) is -1.00. The molecular formula is C20H25N10O7PSe. The molecule has 0 spiro atoms. The van der Waals surface area contributed by atoms with Gasteiger partial charge in [-0.25, -0.2) is 0 Å². The summed E-state index contributed by atoms with van der Waals surface area (Å²) < 4.78 is 26.8. The molecule has 17 nitrogen and oxygen atoms in total. The number of nitrogens with zero attached hydrogens (tertiary/aromatic N) is 8. The topological polar surface area (TPSA) is 237 Å². The average molecular weight is 627 g/mol. The van der Waals surface area contributed by atoms with Gasteiger partial charge < -0.3 is 0 Å². The fraction of sp³-hybridized carbons (Fsp3) is 0.500. The Hall–Kier alpha value is -2.63. The minimum absolute atomic E-state index is 0.165. The van der Waals surface area contributed by atoms with Gasteiger partial charge >= 0.3 is 228 Å². The van der Waals surface area contributed by atoms with Crippen LogP contribution in [-0.2, 0) is 18.5 Å². The summed E-state index contributed by atoms with van der Waals surface area (Å²) in [6.07, 6.45) is -1.64. The number of aliphatic hydroxyl groups is 2. The molecule has 7 N–H and O–H groups in total. The number of hydrogen-bond donors (Lipinski definition) is 5. The second-order valence-corrected chi connectivity index (χ2v) is 13.4. The van der Waals surface area contributed by atoms with E-state index in [0.717, 1.165) is 0 Å². The number of nitrogen functional groups attached to an aromatic ring is 2. The summed E-state index contributed by atoms with van der Waals surface area (Å²) in [7, 11) is 0. The molecule has 6 rings (SSSR count). The minimum atomic E-state index is -3.54. The van der Waals surface area contributed by atoms with E-state index in [-0.39, 0.29) is 37.7 Å². The Morgan fingerprint density at radius 3 is 2.08 bits per heavy atom. The third-order valence-electron chi connectivity index (χ3n) is 6.63. The van der Waals surface area contributed by atoms with E-state index >= 15 is 0 Å². The number of hydrogen-bond acceptors (Lipinski definition) is 15. The fourth-order valence-corrected chi connectivity index (χ4v) is 6.75. The van der Waals surface area contributed by atoms with Crippen LogP contribution < -0.4 is 11.5 Å². The van der Waals surface area contributed by atoms with E-state index in [1.165, 1.54) is 25.3 Å². The first-order valence-corrected chi connectivity index (χ1v) is 15.6. The number of aliphatic hydroxyl groups excluding tert-OH is 2. The molecule has 208 valence electrons. The molecule has 4 aromatic rings. The van der Waals surface area contributed by atoms with Crippen molar-refractivity contribution in [1.29, 1.82) is 0 Å². The van der Waals surface area contributed by atoms with Crippen molar-refractivity contribution in [3.05, 3.63) is 25.3 Å². The van der Waals surface area contributed by atoms with E-state index in [1.807, 2.05) is 0 Å². The standard InChI is InChI=1S/C20H25N10O7PSe/c21-17-15-19(25-5-23-17)29(7-27-15)13-1-9(32)12(36-13)4-34-38(33,39)37-10-2-14(35-11(10)3-31)30-8-28-16-18(22)24-6-26-20(16)30/h5-14,31-32H,1-4H2,(H,33,39)(H2,21,23,25)(H2,22,24,26)/t9-,10-,11+,12+,13+,14+,38?/m0/s1. The monoisotopic (exact) mass is 628 g/mol. The predicted molar refractivity (Wildman–Crippen MR) is 135 cm³/mol. The molecule has 2 aliphatic rings. The van der Waals surface area contributed by atoms with Crippen LogP contribution in [0, 0.1) is 0 Å². The van der Waals surface area contributed by atoms with Gasteiger partial charge in [0.1, 0.15) is 0 Å². The Morgan fingerprint density at radius 2 is 1.49 bits per heavy atom. The summed E-state index contributed by atoms with van der Waals surface area (Å²) in [6.45, 7) is -0.522. The maximum absolute atomic E-state index is 10.9. The van der Waals surface area contributed by atoms with Crippen molar-refractivity contribution in [3.8, 4) is 0 Å². The summed E-state index contributed by atoms with van der Waals surface area (Å²) in [5.41, 5.74) is 13.5. The van der Waals surface area contributed by atoms with Gasteiger partial charge in [0.2, 0.25) is 0 Å². The van der Waals surface area contributed by atoms with E-state index in [0.29, 0.717) is 22.3 Å². The molecule has 2 fully saturated rings. The van der Waals surface area contributed by atoms with Crippen LogP contribution in [0.25, 0.3) is 22.3 Å². The Kier molecular flexibility index (Phi) is 7.09. The molecule has 2 aliphatic heterocycles. The maximum atomic E-state index is 10.9. The van der Waals surface area contributed by atoms with Crippen LogP contribution in [0.15, 0.2) is 25.3 Å². The van der Waals surface area contributed by atoms with E-state index in [9.17, 15) is 15.1 Å². The van der Waals surface area contributed by atoms with E-state index < -0.39 is 43.1 Å². The molecule has 0 saturated carbocycles. The van der Waals surface area contributed by atoms with Gasteiger partial charge in [0, 0.05) is 0 Å². The van der Waals surface area contributed by atoms with Gasteiger partial charge in [-0.1, -0.05) is 0 Å². The Balaban J connectivity index is 1.09. The average Bonchev–Trinajstić information content (AvgIpc) is 3.68. The molecule has 0 aromatic carbocycles. The van der Waals surface area contributed by atoms with Crippen molar-refractivity contribution in [2.45, 2.75) is 49.7 Å². The van der Waals surface area contributed by atoms with Crippen LogP contribution in [0.4, 0.5) is 11.6 Å². The summed E-state index contributed by atoms with van der Waals surface area (Å²) in [5.74, 6) is 0.473. The van der Waals surface area contributed by atoms with Crippen molar-refractivity contribution in [2.24, 2.45) is 0 Å². The Labute approximate surface area is 227 Å². The van der Waals surface area contributed by atoms with E-state index in [2.05, 4.69) is 45.0 Å². The van der Waals surface area contributed by atoms with Gasteiger partial charge in [0.25, 0.3) is 0 Å². The third-order valence-corrected chi connectivity index (χ3v) is 8.85. The summed E-state index contributed by atoms with van der Waals surface area (Å²) >= 11 is 2.57. The quantitative estimate of drug-likeness (QED) is 0.116. The number of imidazole rings is 2. The van der Waals surface area contributed by atoms with Gasteiger partial charge in [0.05, 0.1) is 0 Å². The van der Waals surface area contributed by atoms with Gasteiger partial charge in [0.15, 0.2) is 0 Å². The number of rotatable bonds is 8. The normalized spacial score (nSPS) is 28.9. The van der Waals surface area contributed by atoms with Gasteiger partial charge in [-0.2, -0.15) is 0 Å². The van der Waals surface area contributed by atoms with Crippen molar-refractivity contribution in [2.75, 3.05) is 24.7 Å². The second-order valence-electron chi connectivity index (χ2n) is 9.05. The molecule has 1 unspecified atom stereocenters. The van der Waals surface area contributed by atoms with Crippen molar-refractivity contribution < 1.29 is 33.6 Å². The molecule has 39 heavy (non-hydrogen) atoms. The summed E-state index contributed by atoms with van der Waals surface area (Å²) in [4.78, 5) is 35.7. The fourth-order valence-electron chi connectivity index (χ4n) is 4.71. The molecule has 0 bridgehead atoms. The summed E-state index contributed by atoms with van der Waals surface area (Å²) in [6, 6.07) is 0. The number of anilines is 2. The number of aromatic nitrogens is 8. The SMILES string of the molecule is Nc1ncnc2c1ncn2[C@H]1C[C@H](OP(O)(=[Se])OC[C@H]2O[C@@H](n3cnc4c(N)ncnc43)C[C@@H]2O)[C@@H](CO)O1. The van der Waals surface area contributed by atoms with Gasteiger partial charge in [-0.3, -0.25) is 0 Å². The zero-order valence-electron chi connectivity index (χ0n) is 20.2. The first-order valence-electron chi connectivity index (χ1n) is 11.9. The molecule has 7 atom stereocenters. The van der Waals surface area contributed by atoms with Crippen molar-refractivity contribution in [1.82, 2.24) is 39.0 Å². The van der Waals surface area contributed by atoms with E-state index in [4.69, 9.17) is 30.0 Å². The second kappa shape index (κ2) is 10.4. The first kappa shape index (κ1) is 26.6. The molecule has 19 heteroatoms. The number of nitrogens with two attached hydrogens (primary N) is 2. The number of fused-ring (bicyclic) bond motifs is 2. The van der Waals surface area contributed by atoms with Crippen LogP contribution in [0.5, 0.6) is 0 Å². The van der Waals surface area contributed by atoms with Crippen LogP contribution in [0.2, 0.25) is 0 Å². The molecule has 0 amide bonds. The molecule has 0 aliphatic carbocycles. The van der Waals surface area contributed by atoms with Crippen LogP contribution >= 0.6 is 6.19 Å². The molecule has 0 radical (unpaired) electrons. The third kappa shape index (κ3) is 5.04. The molecule has 2 saturated heterocycles. The Morgan fingerprint density at radius 1 is 0.923 bits per heavy atom. The molecular weight excluding hydrogens is 602 g/mol. The van der Waals surface area contributed by atoms with Crippen molar-refractivity contribution >= 4 is 55.3 Å². The number of ether oxygens (including phenoxy) is 2. The zero-order chi connectivity index (χ0) is 27.3. The Bertz CT molecular complexity index is 1550. The van der Waals surface area contributed by atoms with Crippen molar-refractivity contribution in [3.63, 3.8) is 0 Å². The first-order chi connectivity index (χ1) is 18.7. The summed E-state index contributed by atoms with van der Waals surface area (Å²) in [5, 5.41) is 20.5. The van der Waals surface area contributed by atoms with Crippen LogP contribution in [0.3, 0.4) is 0 Å². The molecule has 6 heterocycles. The van der Waals surface area contributed by atoms with Gasteiger partial charge in [-0.15, -0.1) is 0 Å². The van der Waals surface area contributed by atoms with E-state index in [1.54, 1.807) is 9.13 Å².